The molecule has 2 aromatic heterocycles. The molecule has 0 aliphatic carbocycles. The van der Waals surface area contributed by atoms with E-state index in [-0.39, 0.29) is 0 Å². The molecule has 154 valence electrons. The Hall–Kier alpha value is -2.59. The van der Waals surface area contributed by atoms with Crippen molar-refractivity contribution in [3.63, 3.8) is 0 Å². The zero-order valence-corrected chi connectivity index (χ0v) is 18.6. The highest BCUT2D eigenvalue weighted by Gasteiger charge is 2.27. The molecule has 0 N–H and O–H groups in total. The predicted octanol–water partition coefficient (Wildman–Crippen LogP) is 5.05. The molecule has 3 heterocycles. The molecule has 1 aromatic carbocycles. The number of benzene rings is 1. The van der Waals surface area contributed by atoms with Gasteiger partial charge in [-0.15, -0.1) is 11.3 Å². The molecule has 0 radical (unpaired) electrons. The minimum absolute atomic E-state index is 0.409. The average Bonchev–Trinajstić information content (AvgIpc) is 3.41. The van der Waals surface area contributed by atoms with E-state index in [9.17, 15) is 5.26 Å². The molecule has 3 aromatic rings. The lowest BCUT2D eigenvalue weighted by molar-refractivity contribution is 0.398. The summed E-state index contributed by atoms with van der Waals surface area (Å²) in [5.41, 5.74) is 2.65. The quantitative estimate of drug-likeness (QED) is 0.538. The van der Waals surface area contributed by atoms with Crippen LogP contribution in [0.2, 0.25) is 5.02 Å². The Balaban J connectivity index is 1.60. The average molecular weight is 439 g/mol. The smallest absolute Gasteiger partial charge is 0.212 e. The highest BCUT2D eigenvalue weighted by Crippen LogP contribution is 2.33. The van der Waals surface area contributed by atoms with Gasteiger partial charge in [0.15, 0.2) is 0 Å². The van der Waals surface area contributed by atoms with Gasteiger partial charge >= 0.3 is 0 Å². The number of likely N-dealkylation sites (N-methyl/N-ethyl adjacent to an activating group) is 1. The second-order valence-electron chi connectivity index (χ2n) is 7.46. The summed E-state index contributed by atoms with van der Waals surface area (Å²) in [6.07, 6.45) is 2.95. The zero-order chi connectivity index (χ0) is 21.1. The number of methoxy groups -OCH3 is 1. The van der Waals surface area contributed by atoms with E-state index in [1.165, 1.54) is 9.75 Å². The molecule has 7 heteroatoms. The Morgan fingerprint density at radius 3 is 2.80 bits per heavy atom. The Labute approximate surface area is 186 Å². The van der Waals surface area contributed by atoms with Crippen LogP contribution in [-0.4, -0.2) is 43.2 Å². The summed E-state index contributed by atoms with van der Waals surface area (Å²) in [5.74, 6) is 0.616. The van der Waals surface area contributed by atoms with Crippen molar-refractivity contribution in [2.45, 2.75) is 19.0 Å². The number of thiophene rings is 1. The third kappa shape index (κ3) is 4.44. The van der Waals surface area contributed by atoms with E-state index < -0.39 is 0 Å². The van der Waals surface area contributed by atoms with Crippen LogP contribution in [0.25, 0.3) is 10.4 Å². The van der Waals surface area contributed by atoms with Crippen LogP contribution in [0.4, 0.5) is 5.69 Å². The largest absolute Gasteiger partial charge is 0.481 e. The molecule has 30 heavy (non-hydrogen) atoms. The molecule has 1 aliphatic rings. The molecule has 1 atom stereocenters. The van der Waals surface area contributed by atoms with Gasteiger partial charge in [-0.2, -0.15) is 5.26 Å². The van der Waals surface area contributed by atoms with Crippen LogP contribution in [0, 0.1) is 11.3 Å². The number of hydrogen-bond donors (Lipinski definition) is 0. The van der Waals surface area contributed by atoms with Gasteiger partial charge in [-0.25, -0.2) is 4.98 Å². The number of rotatable bonds is 6. The Kier molecular flexibility index (Phi) is 6.24. The first kappa shape index (κ1) is 20.7. The fourth-order valence-corrected chi connectivity index (χ4v) is 5.02. The van der Waals surface area contributed by atoms with Crippen molar-refractivity contribution < 1.29 is 4.74 Å². The predicted molar refractivity (Wildman–Crippen MR) is 122 cm³/mol. The lowest BCUT2D eigenvalue weighted by atomic mass is 10.1. The third-order valence-electron chi connectivity index (χ3n) is 5.43. The zero-order valence-electron chi connectivity index (χ0n) is 17.0. The molecule has 0 saturated carbocycles. The number of aromatic nitrogens is 1. The summed E-state index contributed by atoms with van der Waals surface area (Å²) in [7, 11) is 3.78. The maximum absolute atomic E-state index is 9.21. The summed E-state index contributed by atoms with van der Waals surface area (Å²) >= 11 is 8.12. The van der Waals surface area contributed by atoms with Gasteiger partial charge in [0.1, 0.15) is 6.07 Å². The molecule has 0 unspecified atom stereocenters. The van der Waals surface area contributed by atoms with Gasteiger partial charge in [-0.05, 0) is 56.4 Å². The summed E-state index contributed by atoms with van der Waals surface area (Å²) < 4.78 is 5.15. The Bertz CT molecular complexity index is 1060. The van der Waals surface area contributed by atoms with Gasteiger partial charge in [-0.3, -0.25) is 0 Å². The lowest BCUT2D eigenvalue weighted by Crippen LogP contribution is -2.36. The van der Waals surface area contributed by atoms with Crippen LogP contribution in [-0.2, 0) is 6.54 Å². The van der Waals surface area contributed by atoms with Gasteiger partial charge < -0.3 is 14.5 Å². The number of hydrogen-bond acceptors (Lipinski definition) is 6. The number of nitrogens with zero attached hydrogens (tertiary/aromatic N) is 4. The maximum Gasteiger partial charge on any atom is 0.212 e. The molecule has 0 spiro atoms. The summed E-state index contributed by atoms with van der Waals surface area (Å²) in [5, 5.41) is 9.71. The van der Waals surface area contributed by atoms with Gasteiger partial charge in [0.05, 0.1) is 24.2 Å². The monoisotopic (exact) mass is 438 g/mol. The molecule has 1 fully saturated rings. The first-order valence-electron chi connectivity index (χ1n) is 9.81. The van der Waals surface area contributed by atoms with Crippen molar-refractivity contribution in [1.29, 1.82) is 5.26 Å². The minimum Gasteiger partial charge on any atom is -0.481 e. The highest BCUT2D eigenvalue weighted by molar-refractivity contribution is 7.15. The van der Waals surface area contributed by atoms with Crippen molar-refractivity contribution >= 4 is 28.6 Å². The SMILES string of the molecule is COc1ccc(-c2ccc(CN(c3ccc(C#N)c(Cl)c3)[C@H]3CCN(C)C3)s2)cn1. The van der Waals surface area contributed by atoms with Crippen LogP contribution in [0.15, 0.2) is 48.7 Å². The van der Waals surface area contributed by atoms with Crippen molar-refractivity contribution in [2.24, 2.45) is 0 Å². The second-order valence-corrected chi connectivity index (χ2v) is 9.04. The summed E-state index contributed by atoms with van der Waals surface area (Å²) in [4.78, 5) is 11.5. The van der Waals surface area contributed by atoms with Crippen molar-refractivity contribution in [3.05, 3.63) is 64.1 Å². The number of likely N-dealkylation sites (tertiary alicyclic amines) is 1. The number of halogens is 1. The van der Waals surface area contributed by atoms with Crippen LogP contribution in [0.1, 0.15) is 16.9 Å². The molecule has 1 saturated heterocycles. The standard InChI is InChI=1S/C23H23ClN4OS/c1-27-10-9-19(14-27)28(18-5-3-16(12-25)21(24)11-18)15-20-6-7-22(30-20)17-4-8-23(29-2)26-13-17/h3-8,11,13,19H,9-10,14-15H2,1-2H3/t19-/m0/s1. The molecular formula is C23H23ClN4OS. The van der Waals surface area contributed by atoms with E-state index in [4.69, 9.17) is 16.3 Å². The number of nitriles is 1. The van der Waals surface area contributed by atoms with E-state index in [0.29, 0.717) is 22.5 Å². The van der Waals surface area contributed by atoms with Gasteiger partial charge in [0.25, 0.3) is 0 Å². The van der Waals surface area contributed by atoms with Crippen LogP contribution in [0.5, 0.6) is 5.88 Å². The summed E-state index contributed by atoms with van der Waals surface area (Å²) in [6, 6.07) is 16.5. The minimum atomic E-state index is 0.409. The van der Waals surface area contributed by atoms with E-state index in [1.54, 1.807) is 18.4 Å². The van der Waals surface area contributed by atoms with E-state index in [1.807, 2.05) is 36.5 Å². The summed E-state index contributed by atoms with van der Waals surface area (Å²) in [6.45, 7) is 2.89. The highest BCUT2D eigenvalue weighted by atomic mass is 35.5. The Morgan fingerprint density at radius 1 is 1.30 bits per heavy atom. The van der Waals surface area contributed by atoms with Crippen LogP contribution >= 0.6 is 22.9 Å². The van der Waals surface area contributed by atoms with Crippen molar-refractivity contribution in [3.8, 4) is 22.4 Å². The van der Waals surface area contributed by atoms with Crippen molar-refractivity contribution in [2.75, 3.05) is 32.1 Å². The first-order chi connectivity index (χ1) is 14.6. The van der Waals surface area contributed by atoms with Crippen LogP contribution in [0.3, 0.4) is 0 Å². The fraction of sp³-hybridized carbons (Fsp3) is 0.304. The fourth-order valence-electron chi connectivity index (χ4n) is 3.80. The van der Waals surface area contributed by atoms with Gasteiger partial charge in [-0.1, -0.05) is 11.6 Å². The first-order valence-corrected chi connectivity index (χ1v) is 11.0. The van der Waals surface area contributed by atoms with Crippen LogP contribution < -0.4 is 9.64 Å². The number of pyridine rings is 1. The topological polar surface area (TPSA) is 52.4 Å². The normalized spacial score (nSPS) is 16.4. The van der Waals surface area contributed by atoms with Gasteiger partial charge in [0.2, 0.25) is 5.88 Å². The molecule has 0 bridgehead atoms. The molecule has 1 aliphatic heterocycles. The van der Waals surface area contributed by atoms with E-state index in [0.717, 1.165) is 37.3 Å². The van der Waals surface area contributed by atoms with E-state index >= 15 is 0 Å². The molecular weight excluding hydrogens is 416 g/mol. The third-order valence-corrected chi connectivity index (χ3v) is 6.86. The number of anilines is 1. The maximum atomic E-state index is 9.21. The Morgan fingerprint density at radius 2 is 2.17 bits per heavy atom. The van der Waals surface area contributed by atoms with Crippen molar-refractivity contribution in [1.82, 2.24) is 9.88 Å². The number of ether oxygens (including phenoxy) is 1. The second kappa shape index (κ2) is 9.05. The van der Waals surface area contributed by atoms with Gasteiger partial charge in [0, 0.05) is 45.9 Å². The molecule has 0 amide bonds. The molecule has 5 nitrogen and oxygen atoms in total. The van der Waals surface area contributed by atoms with E-state index in [2.05, 4.69) is 40.0 Å². The lowest BCUT2D eigenvalue weighted by Gasteiger charge is -2.31. The molecule has 4 rings (SSSR count).